The summed E-state index contributed by atoms with van der Waals surface area (Å²) in [5.41, 5.74) is 0.965. The number of nitrogens with one attached hydrogen (secondary N) is 2. The number of rotatable bonds is 1. The maximum Gasteiger partial charge on any atom is 0.221 e. The van der Waals surface area contributed by atoms with Crippen LogP contribution in [0.3, 0.4) is 0 Å². The van der Waals surface area contributed by atoms with Gasteiger partial charge in [0.1, 0.15) is 0 Å². The SMILES string of the molecule is Clc1cccc(-c2nc3n(n2)C2CCNCC2CN3)c1. The van der Waals surface area contributed by atoms with Gasteiger partial charge in [0.15, 0.2) is 5.82 Å². The molecule has 2 aliphatic heterocycles. The second-order valence-electron chi connectivity index (χ2n) is 5.42. The van der Waals surface area contributed by atoms with Gasteiger partial charge in [-0.1, -0.05) is 23.7 Å². The lowest BCUT2D eigenvalue weighted by molar-refractivity contribution is 0.237. The van der Waals surface area contributed by atoms with Gasteiger partial charge in [-0.2, -0.15) is 4.98 Å². The third kappa shape index (κ3) is 1.98. The van der Waals surface area contributed by atoms with Crippen molar-refractivity contribution in [3.05, 3.63) is 29.3 Å². The number of halogens is 1. The van der Waals surface area contributed by atoms with Crippen LogP contribution in [0.5, 0.6) is 0 Å². The van der Waals surface area contributed by atoms with E-state index in [1.165, 1.54) is 0 Å². The fourth-order valence-electron chi connectivity index (χ4n) is 3.09. The lowest BCUT2D eigenvalue weighted by Gasteiger charge is -2.36. The largest absolute Gasteiger partial charge is 0.354 e. The third-order valence-electron chi connectivity index (χ3n) is 4.12. The average Bonchev–Trinajstić information content (AvgIpc) is 2.92. The average molecular weight is 290 g/mol. The summed E-state index contributed by atoms with van der Waals surface area (Å²) >= 11 is 6.05. The Morgan fingerprint density at radius 1 is 1.30 bits per heavy atom. The molecule has 1 saturated heterocycles. The van der Waals surface area contributed by atoms with Crippen LogP contribution in [0.15, 0.2) is 24.3 Å². The number of piperidine rings is 1. The molecule has 0 spiro atoms. The maximum absolute atomic E-state index is 6.05. The van der Waals surface area contributed by atoms with Gasteiger partial charge in [0.25, 0.3) is 0 Å². The van der Waals surface area contributed by atoms with Crippen LogP contribution in [0.25, 0.3) is 11.4 Å². The molecule has 2 atom stereocenters. The summed E-state index contributed by atoms with van der Waals surface area (Å²) in [6.45, 7) is 3.06. The summed E-state index contributed by atoms with van der Waals surface area (Å²) in [7, 11) is 0. The Balaban J connectivity index is 1.73. The summed E-state index contributed by atoms with van der Waals surface area (Å²) < 4.78 is 2.06. The van der Waals surface area contributed by atoms with Gasteiger partial charge in [-0.3, -0.25) is 0 Å². The molecule has 1 aromatic heterocycles. The molecule has 0 aliphatic carbocycles. The predicted octanol–water partition coefficient (Wildman–Crippen LogP) is 2.17. The van der Waals surface area contributed by atoms with Crippen molar-refractivity contribution in [2.45, 2.75) is 12.5 Å². The Kier molecular flexibility index (Phi) is 2.89. The Labute approximate surface area is 122 Å². The van der Waals surface area contributed by atoms with Crippen molar-refractivity contribution in [1.29, 1.82) is 0 Å². The molecule has 3 heterocycles. The zero-order chi connectivity index (χ0) is 13.5. The molecule has 0 amide bonds. The topological polar surface area (TPSA) is 54.8 Å². The standard InChI is InChI=1S/C14H16ClN5/c15-11-3-1-2-9(6-11)13-18-14-17-8-10-7-16-5-4-12(10)20(14)19-13/h1-3,6,10,12,16H,4-5,7-8H2,(H,17,18,19). The summed E-state index contributed by atoms with van der Waals surface area (Å²) in [5.74, 6) is 2.21. The molecule has 1 aromatic carbocycles. The van der Waals surface area contributed by atoms with Crippen LogP contribution >= 0.6 is 11.6 Å². The second kappa shape index (κ2) is 4.75. The molecule has 0 radical (unpaired) electrons. The molecular formula is C14H16ClN5. The molecule has 2 unspecified atom stereocenters. The van der Waals surface area contributed by atoms with Crippen molar-refractivity contribution < 1.29 is 0 Å². The van der Waals surface area contributed by atoms with Crippen molar-refractivity contribution in [3.63, 3.8) is 0 Å². The highest BCUT2D eigenvalue weighted by Gasteiger charge is 2.33. The summed E-state index contributed by atoms with van der Waals surface area (Å²) in [4.78, 5) is 4.61. The van der Waals surface area contributed by atoms with Crippen molar-refractivity contribution in [1.82, 2.24) is 20.1 Å². The smallest absolute Gasteiger partial charge is 0.221 e. The molecule has 0 saturated carbocycles. The number of anilines is 1. The van der Waals surface area contributed by atoms with Crippen LogP contribution in [0.1, 0.15) is 12.5 Å². The Hall–Kier alpha value is -1.59. The number of aromatic nitrogens is 3. The molecule has 2 aliphatic rings. The van der Waals surface area contributed by atoms with Crippen LogP contribution in [0.2, 0.25) is 5.02 Å². The van der Waals surface area contributed by atoms with E-state index in [2.05, 4.69) is 20.3 Å². The highest BCUT2D eigenvalue weighted by Crippen LogP contribution is 2.32. The molecule has 104 valence electrons. The minimum absolute atomic E-state index is 0.452. The minimum Gasteiger partial charge on any atom is -0.354 e. The number of fused-ring (bicyclic) bond motifs is 3. The Bertz CT molecular complexity index is 638. The zero-order valence-electron chi connectivity index (χ0n) is 11.0. The number of hydrogen-bond acceptors (Lipinski definition) is 4. The van der Waals surface area contributed by atoms with Crippen LogP contribution < -0.4 is 10.6 Å². The Morgan fingerprint density at radius 2 is 2.25 bits per heavy atom. The monoisotopic (exact) mass is 289 g/mol. The molecule has 6 heteroatoms. The summed E-state index contributed by atoms with van der Waals surface area (Å²) in [5, 5.41) is 12.2. The highest BCUT2D eigenvalue weighted by atomic mass is 35.5. The van der Waals surface area contributed by atoms with E-state index in [4.69, 9.17) is 16.7 Å². The van der Waals surface area contributed by atoms with Gasteiger partial charge in [0, 0.05) is 29.6 Å². The molecule has 2 aromatic rings. The van der Waals surface area contributed by atoms with Gasteiger partial charge in [-0.25, -0.2) is 4.68 Å². The van der Waals surface area contributed by atoms with Gasteiger partial charge < -0.3 is 10.6 Å². The van der Waals surface area contributed by atoms with E-state index in [1.807, 2.05) is 24.3 Å². The van der Waals surface area contributed by atoms with E-state index >= 15 is 0 Å². The summed E-state index contributed by atoms with van der Waals surface area (Å²) in [6.07, 6.45) is 1.11. The minimum atomic E-state index is 0.452. The second-order valence-corrected chi connectivity index (χ2v) is 5.85. The van der Waals surface area contributed by atoms with Crippen molar-refractivity contribution in [2.24, 2.45) is 5.92 Å². The first kappa shape index (κ1) is 12.2. The fraction of sp³-hybridized carbons (Fsp3) is 0.429. The van der Waals surface area contributed by atoms with Crippen LogP contribution in [-0.4, -0.2) is 34.4 Å². The first-order valence-electron chi connectivity index (χ1n) is 6.98. The molecule has 0 bridgehead atoms. The zero-order valence-corrected chi connectivity index (χ0v) is 11.8. The molecular weight excluding hydrogens is 274 g/mol. The van der Waals surface area contributed by atoms with Crippen molar-refractivity contribution in [2.75, 3.05) is 25.0 Å². The molecule has 1 fully saturated rings. The summed E-state index contributed by atoms with van der Waals surface area (Å²) in [6, 6.07) is 8.14. The van der Waals surface area contributed by atoms with Gasteiger partial charge in [-0.05, 0) is 25.1 Å². The van der Waals surface area contributed by atoms with E-state index in [1.54, 1.807) is 0 Å². The van der Waals surface area contributed by atoms with Gasteiger partial charge >= 0.3 is 0 Å². The quantitative estimate of drug-likeness (QED) is 0.845. The molecule has 5 nitrogen and oxygen atoms in total. The van der Waals surface area contributed by atoms with Crippen molar-refractivity contribution >= 4 is 17.5 Å². The van der Waals surface area contributed by atoms with E-state index in [0.29, 0.717) is 17.0 Å². The van der Waals surface area contributed by atoms with Crippen LogP contribution in [0, 0.1) is 5.92 Å². The van der Waals surface area contributed by atoms with Gasteiger partial charge in [0.2, 0.25) is 5.95 Å². The lowest BCUT2D eigenvalue weighted by Crippen LogP contribution is -2.44. The van der Waals surface area contributed by atoms with Crippen LogP contribution in [0.4, 0.5) is 5.95 Å². The van der Waals surface area contributed by atoms with E-state index in [0.717, 1.165) is 43.4 Å². The first-order valence-corrected chi connectivity index (χ1v) is 7.36. The molecule has 20 heavy (non-hydrogen) atoms. The maximum atomic E-state index is 6.05. The Morgan fingerprint density at radius 3 is 3.15 bits per heavy atom. The van der Waals surface area contributed by atoms with Crippen molar-refractivity contribution in [3.8, 4) is 11.4 Å². The molecule has 2 N–H and O–H groups in total. The van der Waals surface area contributed by atoms with Gasteiger partial charge in [0.05, 0.1) is 6.04 Å². The van der Waals surface area contributed by atoms with E-state index in [-0.39, 0.29) is 0 Å². The number of benzene rings is 1. The van der Waals surface area contributed by atoms with E-state index < -0.39 is 0 Å². The lowest BCUT2D eigenvalue weighted by atomic mass is 9.92. The van der Waals surface area contributed by atoms with Crippen LogP contribution in [-0.2, 0) is 0 Å². The molecule has 4 rings (SSSR count). The number of nitrogens with zero attached hydrogens (tertiary/aromatic N) is 3. The van der Waals surface area contributed by atoms with Gasteiger partial charge in [-0.15, -0.1) is 5.10 Å². The predicted molar refractivity (Wildman–Crippen MR) is 79.0 cm³/mol. The fourth-order valence-corrected chi connectivity index (χ4v) is 3.28. The third-order valence-corrected chi connectivity index (χ3v) is 4.35. The van der Waals surface area contributed by atoms with E-state index in [9.17, 15) is 0 Å². The highest BCUT2D eigenvalue weighted by molar-refractivity contribution is 6.30. The number of hydrogen-bond donors (Lipinski definition) is 2. The first-order chi connectivity index (χ1) is 9.81. The normalized spacial score (nSPS) is 24.6.